The Bertz CT molecular complexity index is 2040. The summed E-state index contributed by atoms with van der Waals surface area (Å²) in [7, 11) is 0. The molecule has 1 N–H and O–H groups in total. The fourth-order valence-corrected chi connectivity index (χ4v) is 7.48. The molecule has 0 aromatic heterocycles. The average molecular weight is 554 g/mol. The van der Waals surface area contributed by atoms with Crippen LogP contribution in [0.15, 0.2) is 133 Å². The van der Waals surface area contributed by atoms with E-state index in [9.17, 15) is 0 Å². The molecule has 0 saturated heterocycles. The Morgan fingerprint density at radius 1 is 0.349 bits per heavy atom. The molecule has 1 heteroatoms. The normalized spacial score (nSPS) is 14.9. The van der Waals surface area contributed by atoms with Crippen LogP contribution < -0.4 is 5.32 Å². The minimum Gasteiger partial charge on any atom is -0.356 e. The van der Waals surface area contributed by atoms with Crippen molar-refractivity contribution in [2.75, 3.05) is 5.32 Å². The van der Waals surface area contributed by atoms with Crippen LogP contribution in [0.1, 0.15) is 49.9 Å². The lowest BCUT2D eigenvalue weighted by Gasteiger charge is -2.22. The number of anilines is 2. The zero-order valence-electron chi connectivity index (χ0n) is 25.2. The van der Waals surface area contributed by atoms with Crippen LogP contribution in [0.3, 0.4) is 0 Å². The second-order valence-corrected chi connectivity index (χ2v) is 13.1. The lowest BCUT2D eigenvalue weighted by molar-refractivity contribution is 0.660. The van der Waals surface area contributed by atoms with Crippen LogP contribution in [-0.2, 0) is 10.8 Å². The first-order chi connectivity index (χ1) is 20.8. The minimum atomic E-state index is -0.0616. The number of rotatable bonds is 4. The van der Waals surface area contributed by atoms with E-state index in [1.807, 2.05) is 0 Å². The van der Waals surface area contributed by atoms with E-state index in [-0.39, 0.29) is 10.8 Å². The van der Waals surface area contributed by atoms with E-state index in [4.69, 9.17) is 0 Å². The smallest absolute Gasteiger partial charge is 0.0390 e. The van der Waals surface area contributed by atoms with Crippen LogP contribution in [0.25, 0.3) is 44.5 Å². The molecule has 0 fully saturated rings. The molecule has 2 aliphatic rings. The molecular formula is C42H35N. The molecule has 0 heterocycles. The zero-order valence-corrected chi connectivity index (χ0v) is 25.2. The second-order valence-electron chi connectivity index (χ2n) is 13.1. The Hall–Kier alpha value is -4.88. The van der Waals surface area contributed by atoms with Gasteiger partial charge in [-0.2, -0.15) is 0 Å². The van der Waals surface area contributed by atoms with Gasteiger partial charge < -0.3 is 5.32 Å². The van der Waals surface area contributed by atoms with Crippen LogP contribution in [0.5, 0.6) is 0 Å². The van der Waals surface area contributed by atoms with Crippen LogP contribution in [0.2, 0.25) is 0 Å². The van der Waals surface area contributed by atoms with Gasteiger partial charge in [0, 0.05) is 22.2 Å². The molecular weight excluding hydrogens is 518 g/mol. The van der Waals surface area contributed by atoms with Crippen molar-refractivity contribution in [3.05, 3.63) is 156 Å². The molecule has 0 amide bonds. The molecule has 43 heavy (non-hydrogen) atoms. The number of hydrogen-bond acceptors (Lipinski definition) is 1. The van der Waals surface area contributed by atoms with E-state index in [1.165, 1.54) is 66.8 Å². The maximum Gasteiger partial charge on any atom is 0.0390 e. The Balaban J connectivity index is 1.11. The Kier molecular flexibility index (Phi) is 5.59. The van der Waals surface area contributed by atoms with Crippen LogP contribution in [0, 0.1) is 0 Å². The van der Waals surface area contributed by atoms with Crippen LogP contribution >= 0.6 is 0 Å². The van der Waals surface area contributed by atoms with Crippen molar-refractivity contribution < 1.29 is 0 Å². The summed E-state index contributed by atoms with van der Waals surface area (Å²) in [5.41, 5.74) is 18.1. The van der Waals surface area contributed by atoms with Gasteiger partial charge in [-0.15, -0.1) is 0 Å². The van der Waals surface area contributed by atoms with Crippen molar-refractivity contribution in [2.45, 2.75) is 38.5 Å². The summed E-state index contributed by atoms with van der Waals surface area (Å²) in [5, 5.41) is 3.73. The molecule has 2 aliphatic carbocycles. The summed E-state index contributed by atoms with van der Waals surface area (Å²) in [5.74, 6) is 0. The highest BCUT2D eigenvalue weighted by Crippen LogP contribution is 2.51. The number of benzene rings is 6. The third kappa shape index (κ3) is 3.99. The quantitative estimate of drug-likeness (QED) is 0.229. The largest absolute Gasteiger partial charge is 0.356 e. The Morgan fingerprint density at radius 3 is 1.63 bits per heavy atom. The van der Waals surface area contributed by atoms with Crippen molar-refractivity contribution in [3.63, 3.8) is 0 Å². The van der Waals surface area contributed by atoms with Crippen molar-refractivity contribution in [1.82, 2.24) is 0 Å². The van der Waals surface area contributed by atoms with Gasteiger partial charge in [0.25, 0.3) is 0 Å². The fraction of sp³-hybridized carbons (Fsp3) is 0.143. The van der Waals surface area contributed by atoms with Gasteiger partial charge in [0.15, 0.2) is 0 Å². The topological polar surface area (TPSA) is 12.0 Å². The first-order valence-corrected chi connectivity index (χ1v) is 15.3. The van der Waals surface area contributed by atoms with Crippen molar-refractivity contribution in [2.24, 2.45) is 0 Å². The molecule has 6 aromatic carbocycles. The predicted octanol–water partition coefficient (Wildman–Crippen LogP) is 11.4. The third-order valence-corrected chi connectivity index (χ3v) is 9.85. The lowest BCUT2D eigenvalue weighted by Crippen LogP contribution is -2.15. The van der Waals surface area contributed by atoms with E-state index < -0.39 is 0 Å². The first-order valence-electron chi connectivity index (χ1n) is 15.3. The van der Waals surface area contributed by atoms with Gasteiger partial charge >= 0.3 is 0 Å². The molecule has 0 radical (unpaired) electrons. The van der Waals surface area contributed by atoms with Crippen LogP contribution in [-0.4, -0.2) is 0 Å². The van der Waals surface area contributed by atoms with Crippen molar-refractivity contribution in [3.8, 4) is 44.5 Å². The van der Waals surface area contributed by atoms with Gasteiger partial charge in [0.2, 0.25) is 0 Å². The highest BCUT2D eigenvalue weighted by atomic mass is 14.9. The van der Waals surface area contributed by atoms with Gasteiger partial charge in [0.05, 0.1) is 0 Å². The fourth-order valence-electron chi connectivity index (χ4n) is 7.48. The lowest BCUT2D eigenvalue weighted by atomic mass is 9.82. The number of fused-ring (bicyclic) bond motifs is 6. The molecule has 8 rings (SSSR count). The van der Waals surface area contributed by atoms with Gasteiger partial charge in [-0.1, -0.05) is 125 Å². The number of hydrogen-bond donors (Lipinski definition) is 1. The molecule has 1 nitrogen and oxygen atoms in total. The SMILES string of the molecule is CC1(C)c2ccccc2-c2cc(-c3cccc(Nc4ccc5c(c4)C(C)(C)c4ccc(-c6ccccc6)cc4-5)c3)ccc21. The molecule has 208 valence electrons. The van der Waals surface area contributed by atoms with Crippen LogP contribution in [0.4, 0.5) is 11.4 Å². The average Bonchev–Trinajstić information content (AvgIpc) is 3.40. The maximum absolute atomic E-state index is 3.73. The monoisotopic (exact) mass is 553 g/mol. The summed E-state index contributed by atoms with van der Waals surface area (Å²) in [6.07, 6.45) is 0. The third-order valence-electron chi connectivity index (χ3n) is 9.85. The highest BCUT2D eigenvalue weighted by Gasteiger charge is 2.36. The Labute approximate surface area is 254 Å². The van der Waals surface area contributed by atoms with E-state index >= 15 is 0 Å². The zero-order chi connectivity index (χ0) is 29.3. The predicted molar refractivity (Wildman–Crippen MR) is 182 cm³/mol. The molecule has 0 spiro atoms. The molecule has 0 atom stereocenters. The van der Waals surface area contributed by atoms with Crippen molar-refractivity contribution in [1.29, 1.82) is 0 Å². The van der Waals surface area contributed by atoms with E-state index in [0.717, 1.165) is 11.4 Å². The molecule has 6 aromatic rings. The van der Waals surface area contributed by atoms with Crippen molar-refractivity contribution >= 4 is 11.4 Å². The van der Waals surface area contributed by atoms with Gasteiger partial charge in [-0.25, -0.2) is 0 Å². The van der Waals surface area contributed by atoms with E-state index in [1.54, 1.807) is 0 Å². The minimum absolute atomic E-state index is 0.0258. The summed E-state index contributed by atoms with van der Waals surface area (Å²) < 4.78 is 0. The standard InChI is InChI=1S/C42H35N/c1-41(2)37-16-9-8-15-33(37)35-25-30(18-22-38(35)41)28-13-10-14-31(23-28)43-32-19-20-34-36-24-29(27-11-6-5-7-12-27)17-21-39(36)42(3,4)40(34)26-32/h5-26,43H,1-4H3. The first kappa shape index (κ1) is 25.8. The summed E-state index contributed by atoms with van der Waals surface area (Å²) in [4.78, 5) is 0. The summed E-state index contributed by atoms with van der Waals surface area (Å²) in [6, 6.07) is 49.1. The highest BCUT2D eigenvalue weighted by molar-refractivity contribution is 5.87. The molecule has 0 bridgehead atoms. The van der Waals surface area contributed by atoms with Gasteiger partial charge in [-0.3, -0.25) is 0 Å². The molecule has 0 aliphatic heterocycles. The molecule has 0 unspecified atom stereocenters. The van der Waals surface area contributed by atoms with Gasteiger partial charge in [0.1, 0.15) is 0 Å². The summed E-state index contributed by atoms with van der Waals surface area (Å²) in [6.45, 7) is 9.36. The van der Waals surface area contributed by atoms with E-state index in [2.05, 4.69) is 166 Å². The number of nitrogens with one attached hydrogen (secondary N) is 1. The summed E-state index contributed by atoms with van der Waals surface area (Å²) >= 11 is 0. The van der Waals surface area contributed by atoms with Gasteiger partial charge in [-0.05, 0) is 103 Å². The second kappa shape index (κ2) is 9.31. The molecule has 0 saturated carbocycles. The van der Waals surface area contributed by atoms with E-state index in [0.29, 0.717) is 0 Å². The maximum atomic E-state index is 3.73. The Morgan fingerprint density at radius 2 is 0.884 bits per heavy atom.